The summed E-state index contributed by atoms with van der Waals surface area (Å²) in [6, 6.07) is 5.82. The lowest BCUT2D eigenvalue weighted by Crippen LogP contribution is -2.24. The topological polar surface area (TPSA) is 60.2 Å². The number of halogens is 1. The summed E-state index contributed by atoms with van der Waals surface area (Å²) >= 11 is 6.00. The van der Waals surface area contributed by atoms with Crippen LogP contribution in [0.3, 0.4) is 0 Å². The lowest BCUT2D eigenvalue weighted by molar-refractivity contribution is 0.175. The number of hydrogen-bond donors (Lipinski definition) is 1. The number of likely N-dealkylation sites (N-methyl/N-ethyl adjacent to an activating group) is 1. The molecule has 1 aromatic carbocycles. The van der Waals surface area contributed by atoms with Crippen LogP contribution in [-0.2, 0) is 6.42 Å². The molecular weight excluding hydrogens is 290 g/mol. The van der Waals surface area contributed by atoms with Gasteiger partial charge < -0.3 is 14.6 Å². The largest absolute Gasteiger partial charge is 0.481 e. The highest BCUT2D eigenvalue weighted by atomic mass is 35.5. The van der Waals surface area contributed by atoms with Crippen LogP contribution >= 0.6 is 11.6 Å². The lowest BCUT2D eigenvalue weighted by atomic mass is 10.2. The van der Waals surface area contributed by atoms with Crippen molar-refractivity contribution in [3.8, 4) is 5.75 Å². The first kappa shape index (κ1) is 15.8. The molecule has 114 valence electrons. The fraction of sp³-hybridized carbons (Fsp3) is 0.467. The average molecular weight is 310 g/mol. The van der Waals surface area contributed by atoms with Crippen molar-refractivity contribution in [2.45, 2.75) is 39.3 Å². The first-order valence-electron chi connectivity index (χ1n) is 6.92. The fourth-order valence-electron chi connectivity index (χ4n) is 1.84. The zero-order valence-electron chi connectivity index (χ0n) is 12.7. The Hall–Kier alpha value is -1.59. The van der Waals surface area contributed by atoms with Crippen molar-refractivity contribution in [2.75, 3.05) is 7.05 Å². The number of nitrogens with zero attached hydrogens (tertiary/aromatic N) is 2. The summed E-state index contributed by atoms with van der Waals surface area (Å²) in [5.41, 5.74) is 0.968. The maximum Gasteiger partial charge on any atom is 0.267 e. The van der Waals surface area contributed by atoms with Crippen LogP contribution in [0.1, 0.15) is 37.2 Å². The SMILES string of the molecule is CNC(C)Cc1noc(C(C)Oc2ccc(Cl)c(C)c2)n1. The number of nitrogens with one attached hydrogen (secondary N) is 1. The first-order chi connectivity index (χ1) is 9.99. The number of aromatic nitrogens is 2. The van der Waals surface area contributed by atoms with E-state index in [0.717, 1.165) is 16.3 Å². The summed E-state index contributed by atoms with van der Waals surface area (Å²) in [5.74, 6) is 1.88. The van der Waals surface area contributed by atoms with E-state index in [1.165, 1.54) is 0 Å². The van der Waals surface area contributed by atoms with Crippen LogP contribution in [0.15, 0.2) is 22.7 Å². The van der Waals surface area contributed by atoms with Gasteiger partial charge >= 0.3 is 0 Å². The highest BCUT2D eigenvalue weighted by molar-refractivity contribution is 6.31. The Bertz CT molecular complexity index is 600. The number of aryl methyl sites for hydroxylation is 1. The van der Waals surface area contributed by atoms with Gasteiger partial charge in [0, 0.05) is 17.5 Å². The van der Waals surface area contributed by atoms with Crippen molar-refractivity contribution >= 4 is 11.6 Å². The molecule has 0 radical (unpaired) electrons. The van der Waals surface area contributed by atoms with Crippen LogP contribution in [0.2, 0.25) is 5.02 Å². The predicted octanol–water partition coefficient (Wildman–Crippen LogP) is 3.32. The van der Waals surface area contributed by atoms with Crippen LogP contribution in [0.25, 0.3) is 0 Å². The van der Waals surface area contributed by atoms with E-state index in [1.807, 2.05) is 39.1 Å². The summed E-state index contributed by atoms with van der Waals surface area (Å²) in [5, 5.41) is 7.83. The van der Waals surface area contributed by atoms with E-state index in [4.69, 9.17) is 20.9 Å². The molecule has 2 unspecified atom stereocenters. The van der Waals surface area contributed by atoms with Crippen LogP contribution in [0.4, 0.5) is 0 Å². The quantitative estimate of drug-likeness (QED) is 0.887. The molecule has 5 nitrogen and oxygen atoms in total. The van der Waals surface area contributed by atoms with Gasteiger partial charge in [0.2, 0.25) is 0 Å². The molecule has 6 heteroatoms. The van der Waals surface area contributed by atoms with Gasteiger partial charge in [-0.3, -0.25) is 0 Å². The normalized spacial score (nSPS) is 14.0. The van der Waals surface area contributed by atoms with Gasteiger partial charge in [-0.2, -0.15) is 4.98 Å². The second kappa shape index (κ2) is 6.91. The van der Waals surface area contributed by atoms with Crippen molar-refractivity contribution in [1.29, 1.82) is 0 Å². The third kappa shape index (κ3) is 4.19. The van der Waals surface area contributed by atoms with Crippen LogP contribution in [0.5, 0.6) is 5.75 Å². The van der Waals surface area contributed by atoms with Crippen molar-refractivity contribution in [3.63, 3.8) is 0 Å². The van der Waals surface area contributed by atoms with E-state index in [9.17, 15) is 0 Å². The van der Waals surface area contributed by atoms with E-state index in [2.05, 4.69) is 22.4 Å². The highest BCUT2D eigenvalue weighted by Crippen LogP contribution is 2.25. The van der Waals surface area contributed by atoms with Gasteiger partial charge in [-0.25, -0.2) is 0 Å². The summed E-state index contributed by atoms with van der Waals surface area (Å²) in [4.78, 5) is 4.37. The number of hydrogen-bond acceptors (Lipinski definition) is 5. The molecule has 1 heterocycles. The minimum atomic E-state index is -0.309. The maximum atomic E-state index is 6.00. The Morgan fingerprint density at radius 2 is 2.14 bits per heavy atom. The molecule has 0 aliphatic carbocycles. The molecule has 0 saturated heterocycles. The number of rotatable bonds is 6. The molecule has 0 fully saturated rings. The van der Waals surface area contributed by atoms with Gasteiger partial charge in [0.15, 0.2) is 11.9 Å². The highest BCUT2D eigenvalue weighted by Gasteiger charge is 2.17. The van der Waals surface area contributed by atoms with Crippen molar-refractivity contribution < 1.29 is 9.26 Å². The molecule has 1 aromatic heterocycles. The molecular formula is C15H20ClN3O2. The fourth-order valence-corrected chi connectivity index (χ4v) is 1.95. The van der Waals surface area contributed by atoms with E-state index < -0.39 is 0 Å². The minimum absolute atomic E-state index is 0.297. The Labute approximate surface area is 129 Å². The Morgan fingerprint density at radius 3 is 2.81 bits per heavy atom. The summed E-state index contributed by atoms with van der Waals surface area (Å²) in [6.07, 6.45) is 0.406. The molecule has 0 saturated carbocycles. The molecule has 21 heavy (non-hydrogen) atoms. The van der Waals surface area contributed by atoms with Gasteiger partial charge in [-0.05, 0) is 51.6 Å². The Kier molecular flexibility index (Phi) is 5.20. The zero-order valence-corrected chi connectivity index (χ0v) is 13.4. The van der Waals surface area contributed by atoms with E-state index in [0.29, 0.717) is 24.2 Å². The molecule has 0 aliphatic heterocycles. The number of benzene rings is 1. The van der Waals surface area contributed by atoms with Gasteiger partial charge in [0.25, 0.3) is 5.89 Å². The summed E-state index contributed by atoms with van der Waals surface area (Å²) in [7, 11) is 1.90. The second-order valence-corrected chi connectivity index (χ2v) is 5.52. The first-order valence-corrected chi connectivity index (χ1v) is 7.30. The van der Waals surface area contributed by atoms with E-state index >= 15 is 0 Å². The third-order valence-corrected chi connectivity index (χ3v) is 3.68. The van der Waals surface area contributed by atoms with E-state index in [-0.39, 0.29) is 6.10 Å². The second-order valence-electron chi connectivity index (χ2n) is 5.11. The van der Waals surface area contributed by atoms with Crippen molar-refractivity contribution in [2.24, 2.45) is 0 Å². The van der Waals surface area contributed by atoms with Crippen LogP contribution in [-0.4, -0.2) is 23.2 Å². The summed E-state index contributed by atoms with van der Waals surface area (Å²) < 4.78 is 11.1. The van der Waals surface area contributed by atoms with Crippen molar-refractivity contribution in [3.05, 3.63) is 40.5 Å². The van der Waals surface area contributed by atoms with Crippen molar-refractivity contribution in [1.82, 2.24) is 15.5 Å². The molecule has 1 N–H and O–H groups in total. The molecule has 0 bridgehead atoms. The minimum Gasteiger partial charge on any atom is -0.481 e. The molecule has 0 spiro atoms. The molecule has 2 atom stereocenters. The van der Waals surface area contributed by atoms with Gasteiger partial charge in [-0.15, -0.1) is 0 Å². The molecule has 2 rings (SSSR count). The maximum absolute atomic E-state index is 6.00. The lowest BCUT2D eigenvalue weighted by Gasteiger charge is -2.11. The van der Waals surface area contributed by atoms with Gasteiger partial charge in [-0.1, -0.05) is 16.8 Å². The third-order valence-electron chi connectivity index (χ3n) is 3.26. The van der Waals surface area contributed by atoms with Crippen LogP contribution in [0, 0.1) is 6.92 Å². The smallest absolute Gasteiger partial charge is 0.267 e. The van der Waals surface area contributed by atoms with Gasteiger partial charge in [0.05, 0.1) is 0 Å². The van der Waals surface area contributed by atoms with E-state index in [1.54, 1.807) is 0 Å². The summed E-state index contributed by atoms with van der Waals surface area (Å²) in [6.45, 7) is 5.87. The van der Waals surface area contributed by atoms with Crippen LogP contribution < -0.4 is 10.1 Å². The monoisotopic (exact) mass is 309 g/mol. The molecule has 2 aromatic rings. The Morgan fingerprint density at radius 1 is 1.38 bits per heavy atom. The zero-order chi connectivity index (χ0) is 15.4. The predicted molar refractivity (Wildman–Crippen MR) is 81.8 cm³/mol. The standard InChI is InChI=1S/C15H20ClN3O2/c1-9-7-12(5-6-13(9)16)20-11(3)15-18-14(19-21-15)8-10(2)17-4/h5-7,10-11,17H,8H2,1-4H3. The molecule has 0 amide bonds. The van der Waals surface area contributed by atoms with Gasteiger partial charge in [0.1, 0.15) is 5.75 Å². The molecule has 0 aliphatic rings. The average Bonchev–Trinajstić information content (AvgIpc) is 2.91. The number of ether oxygens (including phenoxy) is 1. The Balaban J connectivity index is 2.02.